The van der Waals surface area contributed by atoms with Gasteiger partial charge in [-0.05, 0) is 50.6 Å². The average Bonchev–Trinajstić information content (AvgIpc) is 3.28. The summed E-state index contributed by atoms with van der Waals surface area (Å²) < 4.78 is 0. The molecule has 190 valence electrons. The molecular formula is C26H43N5O3. The van der Waals surface area contributed by atoms with Gasteiger partial charge in [-0.3, -0.25) is 14.4 Å². The first kappa shape index (κ1) is 27.8. The molecule has 0 saturated carbocycles. The summed E-state index contributed by atoms with van der Waals surface area (Å²) in [6.07, 6.45) is 3.42. The van der Waals surface area contributed by atoms with Crippen LogP contribution >= 0.6 is 0 Å². The topological polar surface area (TPSA) is 108 Å². The number of aryl methyl sites for hydroxylation is 1. The largest absolute Gasteiger partial charge is 0.342 e. The van der Waals surface area contributed by atoms with E-state index in [0.29, 0.717) is 19.6 Å². The van der Waals surface area contributed by atoms with Crippen LogP contribution in [0.15, 0.2) is 30.3 Å². The van der Waals surface area contributed by atoms with Crippen LogP contribution in [-0.2, 0) is 20.8 Å². The smallest absolute Gasteiger partial charge is 0.246 e. The molecule has 0 aromatic heterocycles. The second-order valence-electron chi connectivity index (χ2n) is 10.3. The molecule has 0 spiro atoms. The Balaban J connectivity index is 2.09. The minimum absolute atomic E-state index is 0.0470. The van der Waals surface area contributed by atoms with Crippen LogP contribution in [0.5, 0.6) is 0 Å². The highest BCUT2D eigenvalue weighted by Crippen LogP contribution is 2.26. The van der Waals surface area contributed by atoms with Gasteiger partial charge in [0, 0.05) is 25.7 Å². The molecular weight excluding hydrogens is 430 g/mol. The molecule has 0 unspecified atom stereocenters. The molecule has 1 aliphatic rings. The Morgan fingerprint density at radius 1 is 1.21 bits per heavy atom. The van der Waals surface area contributed by atoms with Crippen molar-refractivity contribution in [3.63, 3.8) is 0 Å². The van der Waals surface area contributed by atoms with Crippen molar-refractivity contribution in [2.24, 2.45) is 11.1 Å². The summed E-state index contributed by atoms with van der Waals surface area (Å²) in [5.41, 5.74) is 6.49. The Morgan fingerprint density at radius 3 is 2.47 bits per heavy atom. The highest BCUT2D eigenvalue weighted by atomic mass is 16.2. The van der Waals surface area contributed by atoms with E-state index in [-0.39, 0.29) is 30.3 Å². The van der Waals surface area contributed by atoms with Crippen LogP contribution in [0, 0.1) is 5.41 Å². The van der Waals surface area contributed by atoms with Crippen LogP contribution in [0.25, 0.3) is 0 Å². The second kappa shape index (κ2) is 12.9. The lowest BCUT2D eigenvalue weighted by Gasteiger charge is -2.37. The standard InChI is InChI=1S/C26H43N5O3/c1-19(28-5)24(33)29-23(26(2,3)4)25(34)31-16-10-14-21(31)18-30(22(32)17-27)15-9-13-20-11-7-6-8-12-20/h6-8,11-12,19,21,23,28H,9-10,13-18,27H2,1-5H3,(H,29,33)/t19-,21-,23+/m0/s1. The molecule has 8 nitrogen and oxygen atoms in total. The minimum atomic E-state index is -0.645. The predicted octanol–water partition coefficient (Wildman–Crippen LogP) is 1.54. The van der Waals surface area contributed by atoms with Crippen molar-refractivity contribution < 1.29 is 14.4 Å². The van der Waals surface area contributed by atoms with E-state index in [9.17, 15) is 14.4 Å². The first-order valence-corrected chi connectivity index (χ1v) is 12.4. The molecule has 2 rings (SSSR count). The molecule has 1 aromatic carbocycles. The number of hydrogen-bond acceptors (Lipinski definition) is 5. The molecule has 0 aliphatic carbocycles. The molecule has 1 fully saturated rings. The van der Waals surface area contributed by atoms with Gasteiger partial charge in [-0.2, -0.15) is 0 Å². The quantitative estimate of drug-likeness (QED) is 0.452. The lowest BCUT2D eigenvalue weighted by atomic mass is 9.85. The fraction of sp³-hybridized carbons (Fsp3) is 0.654. The molecule has 1 heterocycles. The monoisotopic (exact) mass is 473 g/mol. The Hall–Kier alpha value is -2.45. The third kappa shape index (κ3) is 7.81. The number of benzene rings is 1. The van der Waals surface area contributed by atoms with Crippen LogP contribution in [0.4, 0.5) is 0 Å². The van der Waals surface area contributed by atoms with E-state index < -0.39 is 17.5 Å². The normalized spacial score (nSPS) is 17.8. The molecule has 4 N–H and O–H groups in total. The zero-order valence-electron chi connectivity index (χ0n) is 21.5. The lowest BCUT2D eigenvalue weighted by Crippen LogP contribution is -2.59. The number of hydrogen-bond donors (Lipinski definition) is 3. The minimum Gasteiger partial charge on any atom is -0.342 e. The van der Waals surface area contributed by atoms with E-state index >= 15 is 0 Å². The number of nitrogens with zero attached hydrogens (tertiary/aromatic N) is 2. The van der Waals surface area contributed by atoms with Gasteiger partial charge in [0.25, 0.3) is 0 Å². The summed E-state index contributed by atoms with van der Waals surface area (Å²) in [5, 5.41) is 5.87. The van der Waals surface area contributed by atoms with Gasteiger partial charge in [0.2, 0.25) is 17.7 Å². The third-order valence-electron chi connectivity index (χ3n) is 6.58. The van der Waals surface area contributed by atoms with Gasteiger partial charge in [-0.25, -0.2) is 0 Å². The van der Waals surface area contributed by atoms with Crippen molar-refractivity contribution in [2.45, 2.75) is 71.5 Å². The fourth-order valence-electron chi connectivity index (χ4n) is 4.35. The lowest BCUT2D eigenvalue weighted by molar-refractivity contribution is -0.142. The van der Waals surface area contributed by atoms with Gasteiger partial charge in [-0.1, -0.05) is 51.1 Å². The Bertz CT molecular complexity index is 808. The predicted molar refractivity (Wildman–Crippen MR) is 135 cm³/mol. The first-order chi connectivity index (χ1) is 16.1. The number of carbonyl (C=O) groups excluding carboxylic acids is 3. The van der Waals surface area contributed by atoms with Crippen LogP contribution in [0.1, 0.15) is 52.5 Å². The summed E-state index contributed by atoms with van der Waals surface area (Å²) in [7, 11) is 1.72. The van der Waals surface area contributed by atoms with E-state index in [1.807, 2.05) is 43.9 Å². The highest BCUT2D eigenvalue weighted by Gasteiger charge is 2.40. The van der Waals surface area contributed by atoms with E-state index in [4.69, 9.17) is 5.73 Å². The summed E-state index contributed by atoms with van der Waals surface area (Å²) in [4.78, 5) is 42.4. The SMILES string of the molecule is CN[C@@H](C)C(=O)N[C@H](C(=O)N1CCC[C@H]1CN(CCCc1ccccc1)C(=O)CN)C(C)(C)C. The summed E-state index contributed by atoms with van der Waals surface area (Å²) in [5.74, 6) is -0.390. The number of nitrogens with two attached hydrogens (primary N) is 1. The van der Waals surface area contributed by atoms with Crippen LogP contribution in [0.3, 0.4) is 0 Å². The number of likely N-dealkylation sites (N-methyl/N-ethyl adjacent to an activating group) is 1. The Kier molecular flexibility index (Phi) is 10.5. The summed E-state index contributed by atoms with van der Waals surface area (Å²) >= 11 is 0. The van der Waals surface area contributed by atoms with Crippen molar-refractivity contribution >= 4 is 17.7 Å². The summed E-state index contributed by atoms with van der Waals surface area (Å²) in [6.45, 7) is 9.29. The first-order valence-electron chi connectivity index (χ1n) is 12.4. The van der Waals surface area contributed by atoms with Gasteiger partial charge in [-0.15, -0.1) is 0 Å². The van der Waals surface area contributed by atoms with E-state index in [0.717, 1.165) is 25.7 Å². The van der Waals surface area contributed by atoms with Crippen molar-refractivity contribution in [2.75, 3.05) is 33.2 Å². The van der Waals surface area contributed by atoms with E-state index in [2.05, 4.69) is 22.8 Å². The van der Waals surface area contributed by atoms with Gasteiger partial charge in [0.1, 0.15) is 6.04 Å². The van der Waals surface area contributed by atoms with Crippen molar-refractivity contribution in [1.82, 2.24) is 20.4 Å². The van der Waals surface area contributed by atoms with Crippen LogP contribution in [-0.4, -0.2) is 78.9 Å². The van der Waals surface area contributed by atoms with Crippen molar-refractivity contribution in [3.8, 4) is 0 Å². The van der Waals surface area contributed by atoms with Crippen LogP contribution < -0.4 is 16.4 Å². The number of rotatable bonds is 11. The maximum Gasteiger partial charge on any atom is 0.246 e. The highest BCUT2D eigenvalue weighted by molar-refractivity contribution is 5.90. The van der Waals surface area contributed by atoms with Crippen molar-refractivity contribution in [1.29, 1.82) is 0 Å². The molecule has 8 heteroatoms. The molecule has 3 atom stereocenters. The maximum absolute atomic E-state index is 13.6. The number of likely N-dealkylation sites (tertiary alicyclic amines) is 1. The number of carbonyl (C=O) groups is 3. The Labute approximate surface area is 204 Å². The van der Waals surface area contributed by atoms with Gasteiger partial charge < -0.3 is 26.2 Å². The average molecular weight is 474 g/mol. The molecule has 1 aromatic rings. The van der Waals surface area contributed by atoms with Crippen molar-refractivity contribution in [3.05, 3.63) is 35.9 Å². The van der Waals surface area contributed by atoms with E-state index in [1.165, 1.54) is 5.56 Å². The Morgan fingerprint density at radius 2 is 1.88 bits per heavy atom. The van der Waals surface area contributed by atoms with E-state index in [1.54, 1.807) is 18.9 Å². The van der Waals surface area contributed by atoms with Crippen LogP contribution in [0.2, 0.25) is 0 Å². The third-order valence-corrected chi connectivity index (χ3v) is 6.58. The maximum atomic E-state index is 13.6. The molecule has 34 heavy (non-hydrogen) atoms. The zero-order valence-corrected chi connectivity index (χ0v) is 21.5. The second-order valence-corrected chi connectivity index (χ2v) is 10.3. The zero-order chi connectivity index (χ0) is 25.3. The molecule has 3 amide bonds. The molecule has 1 aliphatic heterocycles. The van der Waals surface area contributed by atoms with Gasteiger partial charge in [0.05, 0.1) is 12.6 Å². The molecule has 0 radical (unpaired) electrons. The number of amides is 3. The summed E-state index contributed by atoms with van der Waals surface area (Å²) in [6, 6.07) is 9.08. The van der Waals surface area contributed by atoms with Gasteiger partial charge in [0.15, 0.2) is 0 Å². The molecule has 0 bridgehead atoms. The van der Waals surface area contributed by atoms with Gasteiger partial charge >= 0.3 is 0 Å². The number of nitrogens with one attached hydrogen (secondary N) is 2. The fourth-order valence-corrected chi connectivity index (χ4v) is 4.35. The molecule has 1 saturated heterocycles.